The first kappa shape index (κ1) is 23.0. The summed E-state index contributed by atoms with van der Waals surface area (Å²) in [6, 6.07) is 0.234. The standard InChI is InChI=1S/C18H33N3O2.2ClH/c1-15(20-17(22)5-4-16-6-9-19-14-16)18(7-2-3-8-18)21-10-12-23-13-11-21;;/h15-16,19H,2-14H2,1H3,(H,20,22);2*1H. The van der Waals surface area contributed by atoms with Gasteiger partial charge in [-0.3, -0.25) is 9.69 Å². The van der Waals surface area contributed by atoms with Crippen LogP contribution in [0, 0.1) is 5.92 Å². The van der Waals surface area contributed by atoms with Crippen molar-refractivity contribution in [3.05, 3.63) is 0 Å². The SMILES string of the molecule is CC(NC(=O)CCC1CCNC1)C1(N2CCOCC2)CCCC1.Cl.Cl. The van der Waals surface area contributed by atoms with E-state index in [9.17, 15) is 4.79 Å². The minimum atomic E-state index is 0. The molecule has 3 aliphatic rings. The molecule has 0 bridgehead atoms. The van der Waals surface area contributed by atoms with E-state index in [2.05, 4.69) is 22.5 Å². The summed E-state index contributed by atoms with van der Waals surface area (Å²) < 4.78 is 5.53. The summed E-state index contributed by atoms with van der Waals surface area (Å²) >= 11 is 0. The predicted octanol–water partition coefficient (Wildman–Crippen LogP) is 2.37. The number of morpholine rings is 1. The molecule has 0 radical (unpaired) electrons. The van der Waals surface area contributed by atoms with Crippen molar-refractivity contribution in [2.75, 3.05) is 39.4 Å². The van der Waals surface area contributed by atoms with Crippen LogP contribution < -0.4 is 10.6 Å². The highest BCUT2D eigenvalue weighted by Crippen LogP contribution is 2.38. The molecular weight excluding hydrogens is 361 g/mol. The second kappa shape index (κ2) is 10.9. The lowest BCUT2D eigenvalue weighted by Crippen LogP contribution is -2.62. The predicted molar refractivity (Wildman–Crippen MR) is 106 cm³/mol. The Morgan fingerprint density at radius 2 is 1.96 bits per heavy atom. The Labute approximate surface area is 164 Å². The van der Waals surface area contributed by atoms with Crippen LogP contribution >= 0.6 is 24.8 Å². The van der Waals surface area contributed by atoms with Gasteiger partial charge in [0.2, 0.25) is 5.91 Å². The summed E-state index contributed by atoms with van der Waals surface area (Å²) in [6.45, 7) is 8.09. The van der Waals surface area contributed by atoms with Crippen molar-refractivity contribution in [2.24, 2.45) is 5.92 Å². The maximum atomic E-state index is 12.4. The number of nitrogens with one attached hydrogen (secondary N) is 2. The molecule has 0 aromatic rings. The molecule has 0 spiro atoms. The van der Waals surface area contributed by atoms with E-state index in [0.717, 1.165) is 45.8 Å². The Morgan fingerprint density at radius 3 is 2.56 bits per heavy atom. The van der Waals surface area contributed by atoms with E-state index in [1.165, 1.54) is 32.1 Å². The van der Waals surface area contributed by atoms with Crippen molar-refractivity contribution in [3.63, 3.8) is 0 Å². The van der Waals surface area contributed by atoms with Crippen LogP contribution in [0.3, 0.4) is 0 Å². The van der Waals surface area contributed by atoms with Gasteiger partial charge in [-0.05, 0) is 51.6 Å². The molecule has 1 aliphatic carbocycles. The van der Waals surface area contributed by atoms with Crippen LogP contribution in [0.4, 0.5) is 0 Å². The van der Waals surface area contributed by atoms with Crippen molar-refractivity contribution in [1.82, 2.24) is 15.5 Å². The summed E-state index contributed by atoms with van der Waals surface area (Å²) in [5, 5.41) is 6.72. The van der Waals surface area contributed by atoms with Crippen LogP contribution in [0.15, 0.2) is 0 Å². The summed E-state index contributed by atoms with van der Waals surface area (Å²) in [4.78, 5) is 15.0. The van der Waals surface area contributed by atoms with Gasteiger partial charge in [0.15, 0.2) is 0 Å². The lowest BCUT2D eigenvalue weighted by Gasteiger charge is -2.47. The van der Waals surface area contributed by atoms with Gasteiger partial charge in [-0.25, -0.2) is 0 Å². The van der Waals surface area contributed by atoms with Gasteiger partial charge in [0.25, 0.3) is 0 Å². The minimum absolute atomic E-state index is 0. The van der Waals surface area contributed by atoms with Crippen LogP contribution in [0.2, 0.25) is 0 Å². The van der Waals surface area contributed by atoms with Gasteiger partial charge in [0, 0.05) is 31.1 Å². The van der Waals surface area contributed by atoms with Crippen LogP contribution in [0.1, 0.15) is 51.9 Å². The van der Waals surface area contributed by atoms with Gasteiger partial charge in [0.1, 0.15) is 0 Å². The lowest BCUT2D eigenvalue weighted by atomic mass is 9.86. The Morgan fingerprint density at radius 1 is 1.28 bits per heavy atom. The number of carbonyl (C=O) groups excluding carboxylic acids is 1. The number of rotatable bonds is 6. The van der Waals surface area contributed by atoms with Gasteiger partial charge >= 0.3 is 0 Å². The fraction of sp³-hybridized carbons (Fsp3) is 0.944. The average molecular weight is 396 g/mol. The number of halogens is 2. The molecule has 2 atom stereocenters. The molecule has 0 aromatic heterocycles. The summed E-state index contributed by atoms with van der Waals surface area (Å²) in [7, 11) is 0. The number of hydrogen-bond acceptors (Lipinski definition) is 4. The van der Waals surface area contributed by atoms with E-state index >= 15 is 0 Å². The van der Waals surface area contributed by atoms with Gasteiger partial charge < -0.3 is 15.4 Å². The smallest absolute Gasteiger partial charge is 0.220 e. The van der Waals surface area contributed by atoms with Crippen LogP contribution in [-0.4, -0.2) is 61.8 Å². The zero-order valence-corrected chi connectivity index (χ0v) is 17.1. The summed E-state index contributed by atoms with van der Waals surface area (Å²) in [6.07, 6.45) is 7.91. The molecule has 3 rings (SSSR count). The first-order chi connectivity index (χ1) is 11.2. The highest BCUT2D eigenvalue weighted by atomic mass is 35.5. The maximum absolute atomic E-state index is 12.4. The molecule has 148 valence electrons. The molecule has 2 heterocycles. The Balaban J connectivity index is 0.00000156. The molecule has 2 saturated heterocycles. The third kappa shape index (κ3) is 5.70. The third-order valence-electron chi connectivity index (χ3n) is 6.24. The van der Waals surface area contributed by atoms with E-state index in [0.29, 0.717) is 12.3 Å². The molecule has 7 heteroatoms. The quantitative estimate of drug-likeness (QED) is 0.724. The number of nitrogens with zero attached hydrogens (tertiary/aromatic N) is 1. The number of ether oxygens (including phenoxy) is 1. The van der Waals surface area contributed by atoms with E-state index in [1.54, 1.807) is 0 Å². The second-order valence-electron chi connectivity index (χ2n) is 7.60. The van der Waals surface area contributed by atoms with E-state index in [1.807, 2.05) is 0 Å². The minimum Gasteiger partial charge on any atom is -0.379 e. The summed E-state index contributed by atoms with van der Waals surface area (Å²) in [5.74, 6) is 0.930. The van der Waals surface area contributed by atoms with Crippen LogP contribution in [0.5, 0.6) is 0 Å². The van der Waals surface area contributed by atoms with Crippen LogP contribution in [-0.2, 0) is 9.53 Å². The molecule has 2 aliphatic heterocycles. The van der Waals surface area contributed by atoms with Gasteiger partial charge in [-0.2, -0.15) is 0 Å². The van der Waals surface area contributed by atoms with Gasteiger partial charge in [-0.1, -0.05) is 12.8 Å². The molecular formula is C18H35Cl2N3O2. The van der Waals surface area contributed by atoms with Gasteiger partial charge in [0.05, 0.1) is 13.2 Å². The molecule has 25 heavy (non-hydrogen) atoms. The third-order valence-corrected chi connectivity index (χ3v) is 6.24. The molecule has 3 fully saturated rings. The van der Waals surface area contributed by atoms with Crippen molar-refractivity contribution < 1.29 is 9.53 Å². The molecule has 1 amide bonds. The van der Waals surface area contributed by atoms with Crippen molar-refractivity contribution in [1.29, 1.82) is 0 Å². The number of hydrogen-bond donors (Lipinski definition) is 2. The molecule has 2 N–H and O–H groups in total. The lowest BCUT2D eigenvalue weighted by molar-refractivity contribution is -0.123. The summed E-state index contributed by atoms with van der Waals surface area (Å²) in [5.41, 5.74) is 0.161. The van der Waals surface area contributed by atoms with Crippen LogP contribution in [0.25, 0.3) is 0 Å². The fourth-order valence-electron chi connectivity index (χ4n) is 4.76. The van der Waals surface area contributed by atoms with E-state index < -0.39 is 0 Å². The maximum Gasteiger partial charge on any atom is 0.220 e. The first-order valence-electron chi connectivity index (χ1n) is 9.53. The monoisotopic (exact) mass is 395 g/mol. The van der Waals surface area contributed by atoms with Crippen molar-refractivity contribution in [2.45, 2.75) is 63.5 Å². The van der Waals surface area contributed by atoms with E-state index in [4.69, 9.17) is 4.74 Å². The molecule has 1 saturated carbocycles. The fourth-order valence-corrected chi connectivity index (χ4v) is 4.76. The zero-order chi connectivity index (χ0) is 16.1. The average Bonchev–Trinajstić information content (AvgIpc) is 3.26. The normalized spacial score (nSPS) is 27.2. The Bertz CT molecular complexity index is 394. The largest absolute Gasteiger partial charge is 0.379 e. The van der Waals surface area contributed by atoms with Crippen molar-refractivity contribution in [3.8, 4) is 0 Å². The van der Waals surface area contributed by atoms with E-state index in [-0.39, 0.29) is 42.3 Å². The zero-order valence-electron chi connectivity index (χ0n) is 15.4. The molecule has 0 aromatic carbocycles. The number of amides is 1. The number of carbonyl (C=O) groups is 1. The molecule has 5 nitrogen and oxygen atoms in total. The Kier molecular flexibility index (Phi) is 10.0. The highest BCUT2D eigenvalue weighted by Gasteiger charge is 2.44. The van der Waals surface area contributed by atoms with Crippen molar-refractivity contribution >= 4 is 30.7 Å². The second-order valence-corrected chi connectivity index (χ2v) is 7.60. The van der Waals surface area contributed by atoms with Gasteiger partial charge in [-0.15, -0.1) is 24.8 Å². The topological polar surface area (TPSA) is 53.6 Å². The first-order valence-corrected chi connectivity index (χ1v) is 9.53. The highest BCUT2D eigenvalue weighted by molar-refractivity contribution is 5.85. The Hall–Kier alpha value is -0.0700. The molecule has 2 unspecified atom stereocenters.